The Bertz CT molecular complexity index is 791. The van der Waals surface area contributed by atoms with Crippen LogP contribution in [0.3, 0.4) is 0 Å². The lowest BCUT2D eigenvalue weighted by molar-refractivity contribution is -0.356. The van der Waals surface area contributed by atoms with Crippen LogP contribution in [0.5, 0.6) is 0 Å². The number of halogens is 7. The molecule has 1 unspecified atom stereocenters. The predicted molar refractivity (Wildman–Crippen MR) is 78.7 cm³/mol. The van der Waals surface area contributed by atoms with Gasteiger partial charge < -0.3 is 14.2 Å². The van der Waals surface area contributed by atoms with Crippen molar-refractivity contribution in [1.82, 2.24) is 0 Å². The molecule has 9 nitrogen and oxygen atoms in total. The molecule has 0 bridgehead atoms. The number of hydrogen-bond acceptors (Lipinski definition) is 8. The summed E-state index contributed by atoms with van der Waals surface area (Å²) < 4.78 is 134. The fraction of sp³-hybridized carbons (Fsp3) is 0.615. The van der Waals surface area contributed by atoms with Crippen LogP contribution in [0.15, 0.2) is 12.7 Å². The second-order valence-corrected chi connectivity index (χ2v) is 6.78. The van der Waals surface area contributed by atoms with E-state index in [-0.39, 0.29) is 6.08 Å². The van der Waals surface area contributed by atoms with Gasteiger partial charge >= 0.3 is 45.2 Å². The third kappa shape index (κ3) is 6.11. The number of ether oxygens (including phenoxy) is 3. The van der Waals surface area contributed by atoms with Gasteiger partial charge in [-0.05, 0) is 6.92 Å². The molecule has 0 fully saturated rings. The standard InChI is InChI=1S/C13H13F7O9S/c1-3-8(22)29-11(12(16,17)18,9(23)27-6-7(2)21)28-5-4-10(14,15)13(19,20)30(24,25)26/h3H,1,4-6H2,2H3,(H,24,25,26). The van der Waals surface area contributed by atoms with Crippen LogP contribution in [0.1, 0.15) is 13.3 Å². The van der Waals surface area contributed by atoms with Gasteiger partial charge in [0.1, 0.15) is 6.61 Å². The first-order valence-corrected chi connectivity index (χ1v) is 8.64. The quantitative estimate of drug-likeness (QED) is 0.155. The second kappa shape index (κ2) is 9.25. The van der Waals surface area contributed by atoms with Crippen molar-refractivity contribution >= 4 is 27.8 Å². The highest BCUT2D eigenvalue weighted by atomic mass is 32.2. The van der Waals surface area contributed by atoms with Gasteiger partial charge in [-0.1, -0.05) is 6.58 Å². The van der Waals surface area contributed by atoms with Gasteiger partial charge in [0.2, 0.25) is 0 Å². The van der Waals surface area contributed by atoms with Crippen LogP contribution in [-0.4, -0.2) is 67.0 Å². The molecule has 0 radical (unpaired) electrons. The predicted octanol–water partition coefficient (Wildman–Crippen LogP) is 1.63. The van der Waals surface area contributed by atoms with Crippen LogP contribution < -0.4 is 0 Å². The maximum atomic E-state index is 13.4. The second-order valence-electron chi connectivity index (χ2n) is 5.31. The highest BCUT2D eigenvalue weighted by Gasteiger charge is 2.69. The Labute approximate surface area is 163 Å². The third-order valence-electron chi connectivity index (χ3n) is 2.93. The van der Waals surface area contributed by atoms with Crippen LogP contribution >= 0.6 is 0 Å². The van der Waals surface area contributed by atoms with Crippen molar-refractivity contribution in [2.45, 2.75) is 36.5 Å². The molecule has 0 aromatic carbocycles. The molecule has 1 N–H and O–H groups in total. The van der Waals surface area contributed by atoms with E-state index in [1.54, 1.807) is 0 Å². The average Bonchev–Trinajstić information content (AvgIpc) is 2.55. The zero-order chi connectivity index (χ0) is 24.2. The largest absolute Gasteiger partial charge is 0.468 e. The van der Waals surface area contributed by atoms with Gasteiger partial charge in [0.05, 0.1) is 6.61 Å². The van der Waals surface area contributed by atoms with Gasteiger partial charge in [-0.3, -0.25) is 9.35 Å². The lowest BCUT2D eigenvalue weighted by Crippen LogP contribution is -2.59. The first-order chi connectivity index (χ1) is 13.2. The fourth-order valence-electron chi connectivity index (χ4n) is 1.49. The van der Waals surface area contributed by atoms with E-state index in [1.807, 2.05) is 0 Å². The zero-order valence-electron chi connectivity index (χ0n) is 14.7. The van der Waals surface area contributed by atoms with Crippen LogP contribution in [0.2, 0.25) is 0 Å². The Morgan fingerprint density at radius 1 is 1.07 bits per heavy atom. The number of carbonyl (C=O) groups excluding carboxylic acids is 3. The lowest BCUT2D eigenvalue weighted by atomic mass is 10.2. The minimum absolute atomic E-state index is 0.0865. The summed E-state index contributed by atoms with van der Waals surface area (Å²) in [6.45, 7) is 0.0106. The number of Topliss-reactive ketones (excluding diaryl/α,β-unsaturated/α-hetero) is 1. The molecular formula is C13H13F7O9S. The van der Waals surface area contributed by atoms with E-state index in [4.69, 9.17) is 4.55 Å². The molecule has 17 heteroatoms. The maximum absolute atomic E-state index is 13.4. The molecular weight excluding hydrogens is 465 g/mol. The van der Waals surface area contributed by atoms with Gasteiger partial charge in [-0.2, -0.15) is 39.2 Å². The summed E-state index contributed by atoms with van der Waals surface area (Å²) in [5, 5.41) is -6.14. The molecule has 1 atom stereocenters. The molecule has 174 valence electrons. The van der Waals surface area contributed by atoms with Gasteiger partial charge in [-0.25, -0.2) is 9.59 Å². The summed E-state index contributed by atoms with van der Waals surface area (Å²) in [6, 6.07) is 0. The third-order valence-corrected chi connectivity index (χ3v) is 3.88. The summed E-state index contributed by atoms with van der Waals surface area (Å²) in [4.78, 5) is 33.7. The van der Waals surface area contributed by atoms with E-state index in [9.17, 15) is 53.5 Å². The van der Waals surface area contributed by atoms with Crippen molar-refractivity contribution in [3.8, 4) is 0 Å². The number of rotatable bonds is 11. The van der Waals surface area contributed by atoms with E-state index < -0.39 is 70.6 Å². The lowest BCUT2D eigenvalue weighted by Gasteiger charge is -2.32. The minimum Gasteiger partial charge on any atom is -0.453 e. The molecule has 0 spiro atoms. The zero-order valence-corrected chi connectivity index (χ0v) is 15.5. The highest BCUT2D eigenvalue weighted by Crippen LogP contribution is 2.42. The summed E-state index contributed by atoms with van der Waals surface area (Å²) in [5.41, 5.74) is 0. The smallest absolute Gasteiger partial charge is 0.453 e. The molecule has 0 aliphatic rings. The summed E-state index contributed by atoms with van der Waals surface area (Å²) in [6.07, 6.45) is -8.48. The van der Waals surface area contributed by atoms with Crippen molar-refractivity contribution in [2.75, 3.05) is 13.2 Å². The molecule has 30 heavy (non-hydrogen) atoms. The molecule has 0 aliphatic heterocycles. The first kappa shape index (κ1) is 27.7. The van der Waals surface area contributed by atoms with E-state index in [0.717, 1.165) is 6.92 Å². The topological polar surface area (TPSA) is 133 Å². The van der Waals surface area contributed by atoms with Crippen LogP contribution in [-0.2, 0) is 38.7 Å². The van der Waals surface area contributed by atoms with Crippen molar-refractivity contribution in [3.05, 3.63) is 12.7 Å². The van der Waals surface area contributed by atoms with Gasteiger partial charge in [0, 0.05) is 12.5 Å². The fourth-order valence-corrected chi connectivity index (χ4v) is 1.97. The van der Waals surface area contributed by atoms with Gasteiger partial charge in [0.15, 0.2) is 5.78 Å². The Balaban J connectivity index is 5.94. The van der Waals surface area contributed by atoms with Crippen molar-refractivity contribution in [3.63, 3.8) is 0 Å². The molecule has 0 aromatic rings. The van der Waals surface area contributed by atoms with E-state index in [1.165, 1.54) is 0 Å². The van der Waals surface area contributed by atoms with Gasteiger partial charge in [-0.15, -0.1) is 0 Å². The molecule has 0 saturated heterocycles. The molecule has 0 aliphatic carbocycles. The van der Waals surface area contributed by atoms with Crippen molar-refractivity contribution < 1.29 is 72.3 Å². The summed E-state index contributed by atoms with van der Waals surface area (Å²) in [7, 11) is -6.70. The normalized spacial score (nSPS) is 15.1. The van der Waals surface area contributed by atoms with Crippen LogP contribution in [0.25, 0.3) is 0 Å². The molecule has 0 rings (SSSR count). The van der Waals surface area contributed by atoms with E-state index >= 15 is 0 Å². The number of alkyl halides is 7. The number of carbonyl (C=O) groups is 3. The van der Waals surface area contributed by atoms with E-state index in [2.05, 4.69) is 20.8 Å². The maximum Gasteiger partial charge on any atom is 0.468 e. The highest BCUT2D eigenvalue weighted by molar-refractivity contribution is 7.87. The Hall–Kier alpha value is -2.27. The summed E-state index contributed by atoms with van der Waals surface area (Å²) in [5.74, 6) is -16.1. The molecule has 0 heterocycles. The Morgan fingerprint density at radius 2 is 1.57 bits per heavy atom. The minimum atomic E-state index is -6.70. The van der Waals surface area contributed by atoms with Crippen LogP contribution in [0.4, 0.5) is 30.7 Å². The van der Waals surface area contributed by atoms with E-state index in [0.29, 0.717) is 0 Å². The SMILES string of the molecule is C=CC(=O)OC(OCCC(F)(F)C(F)(F)S(=O)(=O)O)(C(=O)OCC(C)=O)C(F)(F)F. The summed E-state index contributed by atoms with van der Waals surface area (Å²) >= 11 is 0. The first-order valence-electron chi connectivity index (χ1n) is 7.20. The molecule has 0 aromatic heterocycles. The van der Waals surface area contributed by atoms with Gasteiger partial charge in [0.25, 0.3) is 0 Å². The average molecular weight is 478 g/mol. The number of ketones is 1. The Kier molecular flexibility index (Phi) is 8.55. The van der Waals surface area contributed by atoms with Crippen molar-refractivity contribution in [1.29, 1.82) is 0 Å². The Morgan fingerprint density at radius 3 is 1.93 bits per heavy atom. The monoisotopic (exact) mass is 478 g/mol. The van der Waals surface area contributed by atoms with Crippen LogP contribution in [0, 0.1) is 0 Å². The number of esters is 2. The molecule has 0 saturated carbocycles. The number of hydrogen-bond donors (Lipinski definition) is 1. The molecule has 0 amide bonds. The van der Waals surface area contributed by atoms with Crippen molar-refractivity contribution in [2.24, 2.45) is 0 Å².